The third-order valence-electron chi connectivity index (χ3n) is 0.838. The average Bonchev–Trinajstić information content (AvgIpc) is 1.83. The predicted octanol–water partition coefficient (Wildman–Crippen LogP) is 0.544. The molecule has 0 saturated heterocycles. The van der Waals surface area contributed by atoms with Crippen LogP contribution in [0.25, 0.3) is 0 Å². The first kappa shape index (κ1) is 13.3. The van der Waals surface area contributed by atoms with Gasteiger partial charge in [-0.1, -0.05) is 0 Å². The molecule has 0 amide bonds. The Labute approximate surface area is 88.1 Å². The first-order valence-electron chi connectivity index (χ1n) is 3.80. The molecule has 0 aliphatic rings. The first-order valence-corrected chi connectivity index (χ1v) is 11.1. The van der Waals surface area contributed by atoms with Crippen molar-refractivity contribution >= 4 is 34.5 Å². The summed E-state index contributed by atoms with van der Waals surface area (Å²) in [5.41, 5.74) is 0. The van der Waals surface area contributed by atoms with E-state index in [4.69, 9.17) is 9.05 Å². The Balaban J connectivity index is 4.15. The molecule has 0 unspecified atom stereocenters. The molecular weight excluding hydrogens is 307 g/mol. The molecule has 0 heterocycles. The van der Waals surface area contributed by atoms with E-state index in [9.17, 15) is 0 Å². The molecule has 74 valence electrons. The molecule has 0 spiro atoms. The molecule has 6 heteroatoms. The molecule has 0 aromatic rings. The van der Waals surface area contributed by atoms with Crippen LogP contribution in [0.1, 0.15) is 27.7 Å². The SMILES string of the molecule is CC(C)OP(=[Se])(OC(C)C)[Se][NH3+]. The zero-order valence-corrected chi connectivity index (χ0v) is 12.3. The van der Waals surface area contributed by atoms with Crippen molar-refractivity contribution in [2.75, 3.05) is 0 Å². The topological polar surface area (TPSA) is 46.1 Å². The van der Waals surface area contributed by atoms with Crippen LogP contribution in [0.3, 0.4) is 0 Å². The van der Waals surface area contributed by atoms with Crippen molar-refractivity contribution in [2.45, 2.75) is 39.9 Å². The van der Waals surface area contributed by atoms with E-state index in [0.29, 0.717) is 0 Å². The molecule has 0 rings (SSSR count). The molecule has 0 aliphatic heterocycles. The monoisotopic (exact) mass is 326 g/mol. The third-order valence-corrected chi connectivity index (χ3v) is 10.1. The maximum absolute atomic E-state index is 5.70. The van der Waals surface area contributed by atoms with Crippen LogP contribution in [0.2, 0.25) is 0 Å². The van der Waals surface area contributed by atoms with E-state index >= 15 is 0 Å². The molecule has 12 heavy (non-hydrogen) atoms. The molecule has 0 bridgehead atoms. The minimum atomic E-state index is -1.74. The van der Waals surface area contributed by atoms with Gasteiger partial charge in [0.2, 0.25) is 0 Å². The van der Waals surface area contributed by atoms with Crippen molar-refractivity contribution in [1.29, 1.82) is 0 Å². The van der Waals surface area contributed by atoms with Crippen LogP contribution in [-0.2, 0) is 9.05 Å². The van der Waals surface area contributed by atoms with Crippen molar-refractivity contribution in [3.05, 3.63) is 0 Å². The summed E-state index contributed by atoms with van der Waals surface area (Å²) >= 11 is 3.19. The van der Waals surface area contributed by atoms with Crippen molar-refractivity contribution in [3.63, 3.8) is 0 Å². The number of quaternary nitrogens is 1. The number of hydrogen-bond acceptors (Lipinski definition) is 2. The molecule has 0 fully saturated rings. The van der Waals surface area contributed by atoms with Gasteiger partial charge in [-0.25, -0.2) is 0 Å². The van der Waals surface area contributed by atoms with Gasteiger partial charge in [-0.2, -0.15) is 0 Å². The van der Waals surface area contributed by atoms with Crippen LogP contribution >= 0.6 is 4.65 Å². The first-order chi connectivity index (χ1) is 5.39. The molecule has 0 aromatic heterocycles. The Morgan fingerprint density at radius 1 is 1.17 bits per heavy atom. The van der Waals surface area contributed by atoms with Crippen LogP contribution in [0, 0.1) is 0 Å². The second kappa shape index (κ2) is 5.95. The van der Waals surface area contributed by atoms with E-state index in [-0.39, 0.29) is 26.9 Å². The van der Waals surface area contributed by atoms with Gasteiger partial charge in [0.25, 0.3) is 0 Å². The Morgan fingerprint density at radius 2 is 1.50 bits per heavy atom. The van der Waals surface area contributed by atoms with Crippen LogP contribution in [0.15, 0.2) is 0 Å². The minimum absolute atomic E-state index is 0.154. The van der Waals surface area contributed by atoms with Gasteiger partial charge in [-0.15, -0.1) is 0 Å². The summed E-state index contributed by atoms with van der Waals surface area (Å²) in [4.78, 5) is 0. The zero-order chi connectivity index (χ0) is 9.78. The molecule has 3 nitrogen and oxygen atoms in total. The second-order valence-corrected chi connectivity index (χ2v) is 15.7. The van der Waals surface area contributed by atoms with Gasteiger partial charge in [0.05, 0.1) is 0 Å². The molecule has 0 aliphatic carbocycles. The van der Waals surface area contributed by atoms with Gasteiger partial charge < -0.3 is 0 Å². The van der Waals surface area contributed by atoms with Gasteiger partial charge in [0.15, 0.2) is 0 Å². The zero-order valence-electron chi connectivity index (χ0n) is 7.94. The van der Waals surface area contributed by atoms with E-state index < -0.39 is 4.65 Å². The van der Waals surface area contributed by atoms with E-state index in [1.54, 1.807) is 0 Å². The van der Waals surface area contributed by atoms with E-state index in [2.05, 4.69) is 19.8 Å². The van der Waals surface area contributed by atoms with Crippen LogP contribution in [0.4, 0.5) is 0 Å². The molecule has 0 atom stereocenters. The van der Waals surface area contributed by atoms with E-state index in [1.165, 1.54) is 0 Å². The summed E-state index contributed by atoms with van der Waals surface area (Å²) in [5.74, 6) is 0. The fourth-order valence-electron chi connectivity index (χ4n) is 0.602. The second-order valence-electron chi connectivity index (χ2n) is 2.88. The average molecular weight is 324 g/mol. The van der Waals surface area contributed by atoms with Gasteiger partial charge in [-0.05, 0) is 0 Å². The van der Waals surface area contributed by atoms with E-state index in [0.717, 1.165) is 0 Å². The van der Waals surface area contributed by atoms with Gasteiger partial charge >= 0.3 is 88.2 Å². The fourth-order valence-corrected chi connectivity index (χ4v) is 6.91. The maximum atomic E-state index is 5.70. The molecule has 0 saturated carbocycles. The Morgan fingerprint density at radius 3 is 1.67 bits per heavy atom. The van der Waals surface area contributed by atoms with E-state index in [1.807, 2.05) is 27.7 Å². The summed E-state index contributed by atoms with van der Waals surface area (Å²) in [6, 6.07) is 0. The summed E-state index contributed by atoms with van der Waals surface area (Å²) in [7, 11) is 0. The molecule has 0 aromatic carbocycles. The molecule has 0 radical (unpaired) electrons. The third kappa shape index (κ3) is 5.90. The summed E-state index contributed by atoms with van der Waals surface area (Å²) in [5, 5.41) is 0. The van der Waals surface area contributed by atoms with Crippen molar-refractivity contribution in [1.82, 2.24) is 0 Å². The standard InChI is InChI=1S/C6H16NO2PSe2/c1-5(2)8-10(11,12-7)9-6(3)4/h5-6H,7H2,1-4H3/p+1. The molecule has 3 N–H and O–H groups in total. The van der Waals surface area contributed by atoms with Gasteiger partial charge in [0, 0.05) is 0 Å². The van der Waals surface area contributed by atoms with Gasteiger partial charge in [-0.3, -0.25) is 0 Å². The van der Waals surface area contributed by atoms with Gasteiger partial charge in [0.1, 0.15) is 0 Å². The Bertz CT molecular complexity index is 161. The predicted molar refractivity (Wildman–Crippen MR) is 53.8 cm³/mol. The van der Waals surface area contributed by atoms with Crippen LogP contribution < -0.4 is 4.75 Å². The Hall–Kier alpha value is 1.35. The summed E-state index contributed by atoms with van der Waals surface area (Å²) in [6.45, 7) is 8.06. The van der Waals surface area contributed by atoms with Crippen molar-refractivity contribution in [2.24, 2.45) is 0 Å². The fraction of sp³-hybridized carbons (Fsp3) is 1.00. The normalized spacial score (nSPS) is 12.9. The van der Waals surface area contributed by atoms with Crippen LogP contribution in [0.5, 0.6) is 0 Å². The molecular formula is C6H17NO2PSe2+. The summed E-state index contributed by atoms with van der Waals surface area (Å²) < 4.78 is 13.6. The Kier molecular flexibility index (Phi) is 6.62. The van der Waals surface area contributed by atoms with Crippen molar-refractivity contribution in [3.8, 4) is 0 Å². The quantitative estimate of drug-likeness (QED) is 0.593. The number of rotatable bonds is 5. The number of hydrogen-bond donors (Lipinski definition) is 1. The van der Waals surface area contributed by atoms with Crippen LogP contribution in [-0.4, -0.2) is 42.0 Å². The summed E-state index contributed by atoms with van der Waals surface area (Å²) in [6.07, 6.45) is 0.420. The van der Waals surface area contributed by atoms with Crippen molar-refractivity contribution < 1.29 is 13.8 Å².